The van der Waals surface area contributed by atoms with E-state index in [-0.39, 0.29) is 0 Å². The lowest BCUT2D eigenvalue weighted by atomic mass is 10.1. The van der Waals surface area contributed by atoms with Crippen molar-refractivity contribution in [3.05, 3.63) is 35.7 Å². The fourth-order valence-corrected chi connectivity index (χ4v) is 2.53. The number of aromatic nitrogens is 2. The van der Waals surface area contributed by atoms with Crippen molar-refractivity contribution in [3.8, 4) is 11.3 Å². The van der Waals surface area contributed by atoms with Crippen LogP contribution in [0.5, 0.6) is 0 Å². The Kier molecular flexibility index (Phi) is 4.83. The third kappa shape index (κ3) is 2.87. The van der Waals surface area contributed by atoms with Crippen molar-refractivity contribution in [3.63, 3.8) is 0 Å². The lowest BCUT2D eigenvalue weighted by molar-refractivity contribution is 0.604. The van der Waals surface area contributed by atoms with E-state index in [1.807, 2.05) is 6.07 Å². The van der Waals surface area contributed by atoms with Gasteiger partial charge < -0.3 is 10.3 Å². The molecule has 0 atom stereocenters. The van der Waals surface area contributed by atoms with E-state index < -0.39 is 0 Å². The summed E-state index contributed by atoms with van der Waals surface area (Å²) in [5.41, 5.74) is 9.70. The molecule has 0 saturated heterocycles. The Balaban J connectivity index is 2.46. The van der Waals surface area contributed by atoms with Gasteiger partial charge in [-0.2, -0.15) is 0 Å². The molecule has 3 heteroatoms. The van der Waals surface area contributed by atoms with Crippen LogP contribution in [0.2, 0.25) is 0 Å². The predicted octanol–water partition coefficient (Wildman–Crippen LogP) is 4.19. The third-order valence-corrected chi connectivity index (χ3v) is 3.69. The van der Waals surface area contributed by atoms with Gasteiger partial charge in [0, 0.05) is 18.5 Å². The summed E-state index contributed by atoms with van der Waals surface area (Å²) in [5.74, 6) is 1.94. The molecule has 1 heterocycles. The first kappa shape index (κ1) is 14.6. The van der Waals surface area contributed by atoms with Gasteiger partial charge in [-0.3, -0.25) is 0 Å². The molecular weight excluding hydrogens is 246 g/mol. The maximum absolute atomic E-state index is 6.38. The molecular formula is C17H25N3. The topological polar surface area (TPSA) is 43.8 Å². The summed E-state index contributed by atoms with van der Waals surface area (Å²) in [4.78, 5) is 4.82. The number of imidazole rings is 1. The highest BCUT2D eigenvalue weighted by Crippen LogP contribution is 2.29. The van der Waals surface area contributed by atoms with Crippen molar-refractivity contribution >= 4 is 5.82 Å². The summed E-state index contributed by atoms with van der Waals surface area (Å²) in [6, 6.07) is 8.32. The molecule has 2 rings (SSSR count). The van der Waals surface area contributed by atoms with Gasteiger partial charge in [-0.05, 0) is 25.3 Å². The summed E-state index contributed by atoms with van der Waals surface area (Å²) in [7, 11) is 0. The number of hydrogen-bond donors (Lipinski definition) is 1. The molecule has 0 aliphatic carbocycles. The van der Waals surface area contributed by atoms with Gasteiger partial charge >= 0.3 is 0 Å². The second-order valence-corrected chi connectivity index (χ2v) is 5.33. The van der Waals surface area contributed by atoms with Crippen LogP contribution in [0.4, 0.5) is 5.82 Å². The molecule has 1 aromatic carbocycles. The van der Waals surface area contributed by atoms with Crippen molar-refractivity contribution in [1.29, 1.82) is 0 Å². The maximum atomic E-state index is 6.38. The summed E-state index contributed by atoms with van der Waals surface area (Å²) >= 11 is 0. The molecule has 0 saturated carbocycles. The minimum atomic E-state index is 0.816. The molecule has 0 aliphatic rings. The van der Waals surface area contributed by atoms with E-state index in [0.717, 1.165) is 48.7 Å². The van der Waals surface area contributed by atoms with Gasteiger partial charge in [-0.25, -0.2) is 4.98 Å². The number of aryl methyl sites for hydroxylation is 2. The second-order valence-electron chi connectivity index (χ2n) is 5.33. The summed E-state index contributed by atoms with van der Waals surface area (Å²) < 4.78 is 2.20. The van der Waals surface area contributed by atoms with E-state index in [2.05, 4.69) is 43.5 Å². The Morgan fingerprint density at radius 2 is 1.90 bits per heavy atom. The number of nitrogens with zero attached hydrogens (tertiary/aromatic N) is 2. The number of rotatable bonds is 6. The predicted molar refractivity (Wildman–Crippen MR) is 85.7 cm³/mol. The van der Waals surface area contributed by atoms with Crippen LogP contribution in [0.15, 0.2) is 24.3 Å². The summed E-state index contributed by atoms with van der Waals surface area (Å²) in [5, 5.41) is 0. The van der Waals surface area contributed by atoms with Gasteiger partial charge in [0.2, 0.25) is 0 Å². The Hall–Kier alpha value is -1.77. The van der Waals surface area contributed by atoms with E-state index in [1.54, 1.807) is 0 Å². The monoisotopic (exact) mass is 271 g/mol. The van der Waals surface area contributed by atoms with Crippen LogP contribution in [-0.4, -0.2) is 9.55 Å². The van der Waals surface area contributed by atoms with Gasteiger partial charge in [-0.1, -0.05) is 44.5 Å². The van der Waals surface area contributed by atoms with Gasteiger partial charge in [-0.15, -0.1) is 0 Å². The highest BCUT2D eigenvalue weighted by molar-refractivity contribution is 5.73. The standard InChI is InChI=1S/C17H25N3/c1-4-6-12-20-15(9-5-2)19-16(17(20)18)14-11-8-7-10-13(14)3/h7-8,10-11H,4-6,9,12,18H2,1-3H3. The number of nitrogens with two attached hydrogens (primary N) is 1. The van der Waals surface area contributed by atoms with Crippen molar-refractivity contribution in [2.24, 2.45) is 0 Å². The number of anilines is 1. The van der Waals surface area contributed by atoms with E-state index in [4.69, 9.17) is 10.7 Å². The molecule has 0 fully saturated rings. The minimum Gasteiger partial charge on any atom is -0.383 e. The quantitative estimate of drug-likeness (QED) is 0.856. The minimum absolute atomic E-state index is 0.816. The number of nitrogen functional groups attached to an aromatic ring is 1. The molecule has 0 unspecified atom stereocenters. The van der Waals surface area contributed by atoms with Crippen LogP contribution < -0.4 is 5.73 Å². The Morgan fingerprint density at radius 3 is 2.55 bits per heavy atom. The van der Waals surface area contributed by atoms with Crippen LogP contribution in [0, 0.1) is 6.92 Å². The van der Waals surface area contributed by atoms with Crippen molar-refractivity contribution in [2.75, 3.05) is 5.73 Å². The fraction of sp³-hybridized carbons (Fsp3) is 0.471. The summed E-state index contributed by atoms with van der Waals surface area (Å²) in [6.07, 6.45) is 4.39. The fourth-order valence-electron chi connectivity index (χ4n) is 2.53. The first-order chi connectivity index (χ1) is 9.69. The molecule has 0 bridgehead atoms. The lowest BCUT2D eigenvalue weighted by Gasteiger charge is -2.09. The molecule has 0 aliphatic heterocycles. The van der Waals surface area contributed by atoms with Gasteiger partial charge in [0.05, 0.1) is 0 Å². The SMILES string of the molecule is CCCCn1c(CCC)nc(-c2ccccc2C)c1N. The first-order valence-electron chi connectivity index (χ1n) is 7.59. The van der Waals surface area contributed by atoms with Crippen LogP contribution in [-0.2, 0) is 13.0 Å². The molecule has 108 valence electrons. The molecule has 3 nitrogen and oxygen atoms in total. The molecule has 20 heavy (non-hydrogen) atoms. The number of benzene rings is 1. The van der Waals surface area contributed by atoms with Gasteiger partial charge in [0.25, 0.3) is 0 Å². The Morgan fingerprint density at radius 1 is 1.15 bits per heavy atom. The van der Waals surface area contributed by atoms with E-state index in [9.17, 15) is 0 Å². The van der Waals surface area contributed by atoms with Crippen molar-refractivity contribution < 1.29 is 0 Å². The molecule has 0 amide bonds. The zero-order valence-corrected chi connectivity index (χ0v) is 12.8. The maximum Gasteiger partial charge on any atom is 0.131 e. The summed E-state index contributed by atoms with van der Waals surface area (Å²) in [6.45, 7) is 7.47. The first-order valence-corrected chi connectivity index (χ1v) is 7.59. The van der Waals surface area contributed by atoms with E-state index in [1.165, 1.54) is 12.0 Å². The van der Waals surface area contributed by atoms with Gasteiger partial charge in [0.1, 0.15) is 17.3 Å². The zero-order chi connectivity index (χ0) is 14.5. The lowest BCUT2D eigenvalue weighted by Crippen LogP contribution is -2.07. The van der Waals surface area contributed by atoms with E-state index in [0.29, 0.717) is 0 Å². The van der Waals surface area contributed by atoms with Crippen molar-refractivity contribution in [1.82, 2.24) is 9.55 Å². The third-order valence-electron chi connectivity index (χ3n) is 3.69. The number of hydrogen-bond acceptors (Lipinski definition) is 2. The average Bonchev–Trinajstić information content (AvgIpc) is 2.74. The van der Waals surface area contributed by atoms with Crippen molar-refractivity contribution in [2.45, 2.75) is 53.0 Å². The number of unbranched alkanes of at least 4 members (excludes halogenated alkanes) is 1. The van der Waals surface area contributed by atoms with E-state index >= 15 is 0 Å². The Labute approximate surface area is 121 Å². The van der Waals surface area contributed by atoms with Crippen LogP contribution in [0.1, 0.15) is 44.5 Å². The normalized spacial score (nSPS) is 10.9. The Bertz CT molecular complexity index is 570. The average molecular weight is 271 g/mol. The molecule has 0 radical (unpaired) electrons. The molecule has 2 aromatic rings. The van der Waals surface area contributed by atoms with Gasteiger partial charge in [0.15, 0.2) is 0 Å². The van der Waals surface area contributed by atoms with Crippen LogP contribution >= 0.6 is 0 Å². The largest absolute Gasteiger partial charge is 0.383 e. The highest BCUT2D eigenvalue weighted by atomic mass is 15.1. The van der Waals surface area contributed by atoms with Crippen LogP contribution in [0.25, 0.3) is 11.3 Å². The molecule has 2 N–H and O–H groups in total. The molecule has 0 spiro atoms. The highest BCUT2D eigenvalue weighted by Gasteiger charge is 2.16. The smallest absolute Gasteiger partial charge is 0.131 e. The second kappa shape index (κ2) is 6.60. The van der Waals surface area contributed by atoms with Crippen LogP contribution in [0.3, 0.4) is 0 Å². The zero-order valence-electron chi connectivity index (χ0n) is 12.8. The molecule has 1 aromatic heterocycles.